The molecule has 1 heterocycles. The van der Waals surface area contributed by atoms with Crippen LogP contribution in [-0.2, 0) is 6.61 Å². The number of aliphatic hydroxyl groups excluding tert-OH is 1. The molecule has 1 atom stereocenters. The highest BCUT2D eigenvalue weighted by Crippen LogP contribution is 2.12. The molecule has 4 nitrogen and oxygen atoms in total. The average molecular weight is 177 g/mol. The van der Waals surface area contributed by atoms with Crippen molar-refractivity contribution < 1.29 is 5.11 Å². The molecule has 0 aliphatic carbocycles. The van der Waals surface area contributed by atoms with Crippen LogP contribution >= 0.6 is 0 Å². The first-order valence-electron chi connectivity index (χ1n) is 3.96. The van der Waals surface area contributed by atoms with Gasteiger partial charge >= 0.3 is 0 Å². The van der Waals surface area contributed by atoms with Gasteiger partial charge in [0.15, 0.2) is 0 Å². The fraction of sp³-hybridized carbons (Fsp3) is 0.333. The Bertz CT molecular complexity index is 302. The van der Waals surface area contributed by atoms with Crippen LogP contribution in [0, 0.1) is 11.3 Å². The number of aromatic nitrogens is 1. The van der Waals surface area contributed by atoms with Crippen molar-refractivity contribution in [3.63, 3.8) is 0 Å². The highest BCUT2D eigenvalue weighted by Gasteiger charge is 2.04. The highest BCUT2D eigenvalue weighted by molar-refractivity contribution is 5.18. The second-order valence-corrected chi connectivity index (χ2v) is 2.71. The van der Waals surface area contributed by atoms with E-state index >= 15 is 0 Å². The summed E-state index contributed by atoms with van der Waals surface area (Å²) in [6.45, 7) is -0.0756. The van der Waals surface area contributed by atoms with Crippen molar-refractivity contribution >= 4 is 0 Å². The van der Waals surface area contributed by atoms with Crippen molar-refractivity contribution in [2.75, 3.05) is 0 Å². The molecule has 0 radical (unpaired) electrons. The normalized spacial score (nSPS) is 12.1. The number of pyridine rings is 1. The van der Waals surface area contributed by atoms with Gasteiger partial charge in [-0.05, 0) is 11.6 Å². The Balaban J connectivity index is 2.74. The predicted octanol–water partition coefficient (Wildman–Crippen LogP) is 0.487. The van der Waals surface area contributed by atoms with Crippen LogP contribution < -0.4 is 5.73 Å². The maximum atomic E-state index is 8.72. The van der Waals surface area contributed by atoms with Crippen LogP contribution in [-0.4, -0.2) is 10.1 Å². The minimum Gasteiger partial charge on any atom is -0.390 e. The highest BCUT2D eigenvalue weighted by atomic mass is 16.3. The average Bonchev–Trinajstić information content (AvgIpc) is 2.18. The Kier molecular flexibility index (Phi) is 3.38. The molecule has 1 aromatic heterocycles. The van der Waals surface area contributed by atoms with Gasteiger partial charge in [-0.2, -0.15) is 5.26 Å². The Labute approximate surface area is 76.6 Å². The Morgan fingerprint density at radius 3 is 2.85 bits per heavy atom. The van der Waals surface area contributed by atoms with Gasteiger partial charge in [0.05, 0.1) is 24.8 Å². The summed E-state index contributed by atoms with van der Waals surface area (Å²) in [5.41, 5.74) is 7.09. The van der Waals surface area contributed by atoms with E-state index in [0.29, 0.717) is 5.69 Å². The minimum atomic E-state index is -0.287. The summed E-state index contributed by atoms with van der Waals surface area (Å²) in [5, 5.41) is 17.1. The minimum absolute atomic E-state index is 0.0756. The summed E-state index contributed by atoms with van der Waals surface area (Å²) in [4.78, 5) is 3.96. The molecule has 0 fully saturated rings. The fourth-order valence-electron chi connectivity index (χ4n) is 0.965. The van der Waals surface area contributed by atoms with E-state index in [1.807, 2.05) is 6.07 Å². The number of nitrogens with zero attached hydrogens (tertiary/aromatic N) is 2. The van der Waals surface area contributed by atoms with Gasteiger partial charge in [0.1, 0.15) is 0 Å². The molecule has 0 spiro atoms. The smallest absolute Gasteiger partial charge is 0.0852 e. The zero-order chi connectivity index (χ0) is 9.68. The Hall–Kier alpha value is -1.44. The summed E-state index contributed by atoms with van der Waals surface area (Å²) in [5.74, 6) is 0. The lowest BCUT2D eigenvalue weighted by molar-refractivity contribution is 0.277. The molecular weight excluding hydrogens is 166 g/mol. The molecule has 0 amide bonds. The first kappa shape index (κ1) is 9.65. The quantitative estimate of drug-likeness (QED) is 0.703. The fourth-order valence-corrected chi connectivity index (χ4v) is 0.965. The topological polar surface area (TPSA) is 82.9 Å². The zero-order valence-electron chi connectivity index (χ0n) is 7.14. The monoisotopic (exact) mass is 177 g/mol. The lowest BCUT2D eigenvalue weighted by Crippen LogP contribution is -2.09. The van der Waals surface area contributed by atoms with E-state index in [4.69, 9.17) is 16.1 Å². The lowest BCUT2D eigenvalue weighted by atomic mass is 10.1. The van der Waals surface area contributed by atoms with Crippen molar-refractivity contribution in [3.8, 4) is 6.07 Å². The van der Waals surface area contributed by atoms with Gasteiger partial charge in [-0.15, -0.1) is 0 Å². The largest absolute Gasteiger partial charge is 0.390 e. The van der Waals surface area contributed by atoms with E-state index in [1.165, 1.54) is 0 Å². The molecule has 0 aromatic carbocycles. The third-order valence-electron chi connectivity index (χ3n) is 1.75. The van der Waals surface area contributed by atoms with E-state index < -0.39 is 0 Å². The van der Waals surface area contributed by atoms with Crippen LogP contribution in [0.5, 0.6) is 0 Å². The van der Waals surface area contributed by atoms with E-state index in [2.05, 4.69) is 4.98 Å². The molecule has 1 unspecified atom stereocenters. The van der Waals surface area contributed by atoms with E-state index in [0.717, 1.165) is 5.56 Å². The van der Waals surface area contributed by atoms with Crippen molar-refractivity contribution in [3.05, 3.63) is 29.6 Å². The molecule has 0 aliphatic heterocycles. The van der Waals surface area contributed by atoms with Gasteiger partial charge in [0.25, 0.3) is 0 Å². The zero-order valence-corrected chi connectivity index (χ0v) is 7.14. The molecule has 0 bridgehead atoms. The predicted molar refractivity (Wildman–Crippen MR) is 47.3 cm³/mol. The van der Waals surface area contributed by atoms with Crippen LogP contribution in [0.2, 0.25) is 0 Å². The van der Waals surface area contributed by atoms with Crippen LogP contribution in [0.25, 0.3) is 0 Å². The number of nitriles is 1. The van der Waals surface area contributed by atoms with E-state index in [9.17, 15) is 0 Å². The standard InChI is InChI=1S/C9H11N3O/c10-4-3-9(11)7-1-2-8(6-13)12-5-7/h1-2,5,9,13H,3,6,11H2. The second kappa shape index (κ2) is 4.55. The molecule has 68 valence electrons. The van der Waals surface area contributed by atoms with Gasteiger partial charge in [-0.25, -0.2) is 0 Å². The van der Waals surface area contributed by atoms with Crippen LogP contribution in [0.15, 0.2) is 18.3 Å². The molecule has 0 saturated heterocycles. The molecule has 1 aromatic rings. The van der Waals surface area contributed by atoms with Gasteiger partial charge in [-0.3, -0.25) is 4.98 Å². The molecule has 0 saturated carbocycles. The SMILES string of the molecule is N#CCC(N)c1ccc(CO)nc1. The van der Waals surface area contributed by atoms with Gasteiger partial charge in [-0.1, -0.05) is 6.07 Å². The third-order valence-corrected chi connectivity index (χ3v) is 1.75. The van der Waals surface area contributed by atoms with Crippen LogP contribution in [0.1, 0.15) is 23.7 Å². The molecule has 3 N–H and O–H groups in total. The second-order valence-electron chi connectivity index (χ2n) is 2.71. The van der Waals surface area contributed by atoms with Crippen molar-refractivity contribution in [2.24, 2.45) is 5.73 Å². The number of hydrogen-bond acceptors (Lipinski definition) is 4. The number of aliphatic hydroxyl groups is 1. The maximum absolute atomic E-state index is 8.72. The van der Waals surface area contributed by atoms with Crippen molar-refractivity contribution in [1.82, 2.24) is 4.98 Å². The summed E-state index contributed by atoms with van der Waals surface area (Å²) in [6.07, 6.45) is 1.87. The Morgan fingerprint density at radius 2 is 2.38 bits per heavy atom. The Morgan fingerprint density at radius 1 is 1.62 bits per heavy atom. The number of rotatable bonds is 3. The number of nitrogens with two attached hydrogens (primary N) is 1. The summed E-state index contributed by atoms with van der Waals surface area (Å²) >= 11 is 0. The summed E-state index contributed by atoms with van der Waals surface area (Å²) < 4.78 is 0. The first-order valence-corrected chi connectivity index (χ1v) is 3.96. The lowest BCUT2D eigenvalue weighted by Gasteiger charge is -2.06. The van der Waals surface area contributed by atoms with Crippen LogP contribution in [0.4, 0.5) is 0 Å². The number of hydrogen-bond donors (Lipinski definition) is 2. The maximum Gasteiger partial charge on any atom is 0.0852 e. The summed E-state index contributed by atoms with van der Waals surface area (Å²) in [7, 11) is 0. The van der Waals surface area contributed by atoms with Crippen LogP contribution in [0.3, 0.4) is 0 Å². The molecule has 0 aliphatic rings. The molecule has 13 heavy (non-hydrogen) atoms. The van der Waals surface area contributed by atoms with Gasteiger partial charge < -0.3 is 10.8 Å². The third kappa shape index (κ3) is 2.51. The van der Waals surface area contributed by atoms with Gasteiger partial charge in [0, 0.05) is 12.2 Å². The molecule has 4 heteroatoms. The van der Waals surface area contributed by atoms with E-state index in [-0.39, 0.29) is 19.1 Å². The van der Waals surface area contributed by atoms with E-state index in [1.54, 1.807) is 18.3 Å². The molecular formula is C9H11N3O. The van der Waals surface area contributed by atoms with Gasteiger partial charge in [0.2, 0.25) is 0 Å². The molecule has 1 rings (SSSR count). The first-order chi connectivity index (χ1) is 6.27. The summed E-state index contributed by atoms with van der Waals surface area (Å²) in [6, 6.07) is 5.18. The van der Waals surface area contributed by atoms with Crippen molar-refractivity contribution in [1.29, 1.82) is 5.26 Å². The van der Waals surface area contributed by atoms with Crippen molar-refractivity contribution in [2.45, 2.75) is 19.1 Å².